The molecule has 5 nitrogen and oxygen atoms in total. The number of aryl methyl sites for hydroxylation is 1. The first-order valence-corrected chi connectivity index (χ1v) is 9.61. The van der Waals surface area contributed by atoms with Gasteiger partial charge < -0.3 is 14.6 Å². The summed E-state index contributed by atoms with van der Waals surface area (Å²) in [5.41, 5.74) is 3.55. The van der Waals surface area contributed by atoms with Gasteiger partial charge in [-0.15, -0.1) is 12.4 Å². The first kappa shape index (κ1) is 21.3. The predicted octanol–water partition coefficient (Wildman–Crippen LogP) is 4.44. The fourth-order valence-electron chi connectivity index (χ4n) is 3.72. The van der Waals surface area contributed by atoms with Gasteiger partial charge in [0.15, 0.2) is 11.3 Å². The van der Waals surface area contributed by atoms with E-state index in [0.29, 0.717) is 23.4 Å². The van der Waals surface area contributed by atoms with Gasteiger partial charge in [0.2, 0.25) is 0 Å². The molecule has 0 unspecified atom stereocenters. The van der Waals surface area contributed by atoms with Crippen LogP contribution in [0.4, 0.5) is 4.39 Å². The minimum atomic E-state index is -0.283. The average Bonchev–Trinajstić information content (AvgIpc) is 3.11. The second-order valence-corrected chi connectivity index (χ2v) is 7.80. The molecule has 0 spiro atoms. The summed E-state index contributed by atoms with van der Waals surface area (Å²) in [6.07, 6.45) is 0.744. The lowest BCUT2D eigenvalue weighted by Crippen LogP contribution is -2.59. The van der Waals surface area contributed by atoms with E-state index in [-0.39, 0.29) is 29.7 Å². The van der Waals surface area contributed by atoms with Gasteiger partial charge in [-0.3, -0.25) is 4.79 Å². The molecule has 3 aromatic rings. The summed E-state index contributed by atoms with van der Waals surface area (Å²) in [6.45, 7) is 8.27. The highest BCUT2D eigenvalue weighted by atomic mass is 35.5. The number of nitrogens with zero attached hydrogens (tertiary/aromatic N) is 2. The fourth-order valence-corrected chi connectivity index (χ4v) is 3.72. The molecule has 0 aliphatic carbocycles. The standard InChI is InChI=1S/C22H24FN3O2.ClH/c1-4-14-11-17(15-5-7-16(23)8-6-15)25-18-12-19(28-20(14)18)21(27)26-10-9-24-13-22(26,2)3;/h5-8,11-12,24H,4,9-10,13H2,1-3H3;1H. The third-order valence-corrected chi connectivity index (χ3v) is 5.33. The summed E-state index contributed by atoms with van der Waals surface area (Å²) in [6, 6.07) is 9.92. The van der Waals surface area contributed by atoms with Crippen LogP contribution in [0.5, 0.6) is 0 Å². The molecule has 7 heteroatoms. The molecule has 0 bridgehead atoms. The molecular weight excluding hydrogens is 393 g/mol. The number of carbonyl (C=O) groups excluding carboxylic acids is 1. The van der Waals surface area contributed by atoms with Crippen LogP contribution < -0.4 is 5.32 Å². The van der Waals surface area contributed by atoms with Crippen molar-refractivity contribution in [3.05, 3.63) is 53.5 Å². The molecular formula is C22H25ClFN3O2. The number of amides is 1. The average molecular weight is 418 g/mol. The van der Waals surface area contributed by atoms with Gasteiger partial charge in [0.05, 0.1) is 11.2 Å². The lowest BCUT2D eigenvalue weighted by atomic mass is 10.00. The SMILES string of the molecule is CCc1cc(-c2ccc(F)cc2)nc2cc(C(=O)N3CCNCC3(C)C)oc12.Cl. The number of benzene rings is 1. The van der Waals surface area contributed by atoms with Gasteiger partial charge in [-0.25, -0.2) is 9.37 Å². The lowest BCUT2D eigenvalue weighted by Gasteiger charge is -2.42. The highest BCUT2D eigenvalue weighted by molar-refractivity contribution is 5.96. The Kier molecular flexibility index (Phi) is 5.96. The van der Waals surface area contributed by atoms with E-state index >= 15 is 0 Å². The van der Waals surface area contributed by atoms with Crippen molar-refractivity contribution in [2.75, 3.05) is 19.6 Å². The smallest absolute Gasteiger partial charge is 0.290 e. The van der Waals surface area contributed by atoms with Gasteiger partial charge in [-0.1, -0.05) is 6.92 Å². The van der Waals surface area contributed by atoms with Crippen molar-refractivity contribution in [1.82, 2.24) is 15.2 Å². The molecule has 0 atom stereocenters. The van der Waals surface area contributed by atoms with E-state index in [0.717, 1.165) is 36.3 Å². The molecule has 1 aliphatic rings. The van der Waals surface area contributed by atoms with Gasteiger partial charge >= 0.3 is 0 Å². The topological polar surface area (TPSA) is 58.4 Å². The zero-order valence-corrected chi connectivity index (χ0v) is 17.6. The van der Waals surface area contributed by atoms with E-state index in [1.807, 2.05) is 31.7 Å². The van der Waals surface area contributed by atoms with Crippen molar-refractivity contribution in [2.45, 2.75) is 32.7 Å². The van der Waals surface area contributed by atoms with Crippen LogP contribution in [0.1, 0.15) is 36.9 Å². The molecule has 0 radical (unpaired) electrons. The van der Waals surface area contributed by atoms with Gasteiger partial charge in [0.25, 0.3) is 5.91 Å². The first-order chi connectivity index (χ1) is 13.4. The molecule has 1 saturated heterocycles. The number of hydrogen-bond acceptors (Lipinski definition) is 4. The van der Waals surface area contributed by atoms with Crippen molar-refractivity contribution in [3.63, 3.8) is 0 Å². The summed E-state index contributed by atoms with van der Waals surface area (Å²) >= 11 is 0. The molecule has 0 saturated carbocycles. The number of furan rings is 1. The molecule has 4 rings (SSSR count). The maximum absolute atomic E-state index is 13.3. The molecule has 1 N–H and O–H groups in total. The Morgan fingerprint density at radius 2 is 2.00 bits per heavy atom. The maximum atomic E-state index is 13.3. The molecule has 154 valence electrons. The first-order valence-electron chi connectivity index (χ1n) is 9.61. The van der Waals surface area contributed by atoms with Gasteiger partial charge in [-0.2, -0.15) is 0 Å². The van der Waals surface area contributed by atoms with Crippen LogP contribution in [0.15, 0.2) is 40.8 Å². The monoisotopic (exact) mass is 417 g/mol. The van der Waals surface area contributed by atoms with E-state index in [1.165, 1.54) is 12.1 Å². The van der Waals surface area contributed by atoms with E-state index < -0.39 is 0 Å². The van der Waals surface area contributed by atoms with Gasteiger partial charge in [-0.05, 0) is 56.2 Å². The van der Waals surface area contributed by atoms with E-state index in [9.17, 15) is 9.18 Å². The molecule has 1 aromatic carbocycles. The van der Waals surface area contributed by atoms with E-state index in [2.05, 4.69) is 10.3 Å². The van der Waals surface area contributed by atoms with Crippen molar-refractivity contribution >= 4 is 29.4 Å². The normalized spacial score (nSPS) is 15.9. The summed E-state index contributed by atoms with van der Waals surface area (Å²) in [5, 5.41) is 3.32. The van der Waals surface area contributed by atoms with Crippen LogP contribution in [0.2, 0.25) is 0 Å². The quantitative estimate of drug-likeness (QED) is 0.684. The van der Waals surface area contributed by atoms with Crippen molar-refractivity contribution in [2.24, 2.45) is 0 Å². The minimum absolute atomic E-state index is 0. The summed E-state index contributed by atoms with van der Waals surface area (Å²) in [7, 11) is 0. The highest BCUT2D eigenvalue weighted by Gasteiger charge is 2.35. The molecule has 1 fully saturated rings. The number of piperazine rings is 1. The van der Waals surface area contributed by atoms with Gasteiger partial charge in [0.1, 0.15) is 11.3 Å². The number of pyridine rings is 1. The number of hydrogen-bond donors (Lipinski definition) is 1. The Balaban J connectivity index is 0.00000240. The zero-order valence-electron chi connectivity index (χ0n) is 16.8. The van der Waals surface area contributed by atoms with Crippen LogP contribution in [-0.2, 0) is 6.42 Å². The summed E-state index contributed by atoms with van der Waals surface area (Å²) in [4.78, 5) is 19.6. The number of aromatic nitrogens is 1. The Morgan fingerprint density at radius 1 is 1.28 bits per heavy atom. The largest absolute Gasteiger partial charge is 0.449 e. The lowest BCUT2D eigenvalue weighted by molar-refractivity contribution is 0.0448. The van der Waals surface area contributed by atoms with E-state index in [4.69, 9.17) is 4.42 Å². The maximum Gasteiger partial charge on any atom is 0.290 e. The van der Waals surface area contributed by atoms with Crippen LogP contribution in [0.3, 0.4) is 0 Å². The Morgan fingerprint density at radius 3 is 2.66 bits per heavy atom. The number of carbonyl (C=O) groups is 1. The second kappa shape index (κ2) is 8.13. The molecule has 3 heterocycles. The highest BCUT2D eigenvalue weighted by Crippen LogP contribution is 2.29. The summed E-state index contributed by atoms with van der Waals surface area (Å²) in [5.74, 6) is -0.0892. The molecule has 1 aliphatic heterocycles. The molecule has 1 amide bonds. The minimum Gasteiger partial charge on any atom is -0.449 e. The number of nitrogens with one attached hydrogen (secondary N) is 1. The number of rotatable bonds is 3. The van der Waals surface area contributed by atoms with Crippen molar-refractivity contribution in [3.8, 4) is 11.3 Å². The molecule has 29 heavy (non-hydrogen) atoms. The van der Waals surface area contributed by atoms with Crippen LogP contribution in [0, 0.1) is 5.82 Å². The van der Waals surface area contributed by atoms with Gasteiger partial charge in [0, 0.05) is 31.3 Å². The Labute approximate surface area is 175 Å². The second-order valence-electron chi connectivity index (χ2n) is 7.80. The predicted molar refractivity (Wildman–Crippen MR) is 114 cm³/mol. The summed E-state index contributed by atoms with van der Waals surface area (Å²) < 4.78 is 19.2. The Hall–Kier alpha value is -2.44. The third kappa shape index (κ3) is 4.00. The molecule has 2 aromatic heterocycles. The number of halogens is 2. The van der Waals surface area contributed by atoms with Crippen LogP contribution >= 0.6 is 12.4 Å². The van der Waals surface area contributed by atoms with Crippen molar-refractivity contribution in [1.29, 1.82) is 0 Å². The number of fused-ring (bicyclic) bond motifs is 1. The van der Waals surface area contributed by atoms with Crippen LogP contribution in [-0.4, -0.2) is 41.0 Å². The van der Waals surface area contributed by atoms with Crippen molar-refractivity contribution < 1.29 is 13.6 Å². The van der Waals surface area contributed by atoms with E-state index in [1.54, 1.807) is 18.2 Å². The Bertz CT molecular complexity index is 1030. The third-order valence-electron chi connectivity index (χ3n) is 5.33. The fraction of sp³-hybridized carbons (Fsp3) is 0.364. The zero-order chi connectivity index (χ0) is 19.9. The van der Waals surface area contributed by atoms with Crippen LogP contribution in [0.25, 0.3) is 22.4 Å².